The van der Waals surface area contributed by atoms with Crippen LogP contribution in [0.2, 0.25) is 0 Å². The molecule has 0 aliphatic carbocycles. The summed E-state index contributed by atoms with van der Waals surface area (Å²) in [6.07, 6.45) is 6.01. The van der Waals surface area contributed by atoms with Crippen molar-refractivity contribution in [1.29, 1.82) is 5.26 Å². The van der Waals surface area contributed by atoms with Crippen molar-refractivity contribution in [3.63, 3.8) is 0 Å². The Morgan fingerprint density at radius 2 is 2.15 bits per heavy atom. The number of likely N-dealkylation sites (tertiary alicyclic amines) is 1. The number of piperidine rings is 1. The van der Waals surface area contributed by atoms with Crippen molar-refractivity contribution in [2.45, 2.75) is 32.1 Å². The van der Waals surface area contributed by atoms with Crippen LogP contribution in [0, 0.1) is 17.2 Å². The van der Waals surface area contributed by atoms with Gasteiger partial charge in [0, 0.05) is 19.5 Å². The fourth-order valence-corrected chi connectivity index (χ4v) is 1.82. The highest BCUT2D eigenvalue weighted by atomic mass is 16.1. The highest BCUT2D eigenvalue weighted by Gasteiger charge is 2.16. The standard InChI is InChI=1S/C10H16N2O/c11-6-2-1-3-10-4-7-12(9-13)8-5-10/h9-10H,1-5,7-8H2. The molecule has 3 heteroatoms. The Labute approximate surface area is 79.3 Å². The van der Waals surface area contributed by atoms with E-state index >= 15 is 0 Å². The van der Waals surface area contributed by atoms with Gasteiger partial charge in [-0.1, -0.05) is 0 Å². The van der Waals surface area contributed by atoms with Crippen molar-refractivity contribution in [3.8, 4) is 6.07 Å². The lowest BCUT2D eigenvalue weighted by Crippen LogP contribution is -2.32. The fourth-order valence-electron chi connectivity index (χ4n) is 1.82. The molecule has 0 saturated carbocycles. The molecule has 0 N–H and O–H groups in total. The van der Waals surface area contributed by atoms with E-state index in [0.717, 1.165) is 51.1 Å². The van der Waals surface area contributed by atoms with Crippen molar-refractivity contribution >= 4 is 6.41 Å². The SMILES string of the molecule is N#CCCCC1CCN(C=O)CC1. The van der Waals surface area contributed by atoms with E-state index < -0.39 is 0 Å². The maximum atomic E-state index is 10.4. The molecule has 72 valence electrons. The molecule has 0 radical (unpaired) electrons. The van der Waals surface area contributed by atoms with Crippen molar-refractivity contribution in [2.75, 3.05) is 13.1 Å². The molecule has 0 aromatic carbocycles. The van der Waals surface area contributed by atoms with Gasteiger partial charge in [-0.2, -0.15) is 5.26 Å². The summed E-state index contributed by atoms with van der Waals surface area (Å²) >= 11 is 0. The second-order valence-corrected chi connectivity index (χ2v) is 3.64. The lowest BCUT2D eigenvalue weighted by Gasteiger charge is -2.28. The summed E-state index contributed by atoms with van der Waals surface area (Å²) < 4.78 is 0. The summed E-state index contributed by atoms with van der Waals surface area (Å²) in [5, 5.41) is 8.37. The van der Waals surface area contributed by atoms with Crippen LogP contribution in [0.1, 0.15) is 32.1 Å². The van der Waals surface area contributed by atoms with Crippen molar-refractivity contribution in [3.05, 3.63) is 0 Å². The zero-order valence-corrected chi connectivity index (χ0v) is 7.91. The van der Waals surface area contributed by atoms with Gasteiger partial charge in [-0.15, -0.1) is 0 Å². The molecule has 0 spiro atoms. The van der Waals surface area contributed by atoms with Crippen LogP contribution >= 0.6 is 0 Å². The molecule has 1 heterocycles. The summed E-state index contributed by atoms with van der Waals surface area (Å²) in [6, 6.07) is 2.16. The number of nitrogens with zero attached hydrogens (tertiary/aromatic N) is 2. The topological polar surface area (TPSA) is 44.1 Å². The highest BCUT2D eigenvalue weighted by Crippen LogP contribution is 2.21. The third-order valence-electron chi connectivity index (χ3n) is 2.70. The molecule has 0 aromatic heterocycles. The Morgan fingerprint density at radius 3 is 2.69 bits per heavy atom. The zero-order valence-electron chi connectivity index (χ0n) is 7.91. The molecule has 1 saturated heterocycles. The minimum Gasteiger partial charge on any atom is -0.345 e. The number of hydrogen-bond acceptors (Lipinski definition) is 2. The second kappa shape index (κ2) is 5.58. The number of amides is 1. The van der Waals surface area contributed by atoms with Gasteiger partial charge >= 0.3 is 0 Å². The van der Waals surface area contributed by atoms with Gasteiger partial charge in [0.25, 0.3) is 0 Å². The summed E-state index contributed by atoms with van der Waals surface area (Å²) in [5.41, 5.74) is 0. The Hall–Kier alpha value is -1.04. The van der Waals surface area contributed by atoms with E-state index in [1.165, 1.54) is 0 Å². The van der Waals surface area contributed by atoms with Crippen molar-refractivity contribution in [2.24, 2.45) is 5.92 Å². The molecule has 1 fully saturated rings. The van der Waals surface area contributed by atoms with E-state index in [2.05, 4.69) is 6.07 Å². The van der Waals surface area contributed by atoms with Crippen LogP contribution in [-0.4, -0.2) is 24.4 Å². The van der Waals surface area contributed by atoms with Crippen LogP contribution in [0.4, 0.5) is 0 Å². The van der Waals surface area contributed by atoms with Crippen LogP contribution in [0.3, 0.4) is 0 Å². The Balaban J connectivity index is 2.11. The quantitative estimate of drug-likeness (QED) is 0.486. The number of carbonyl (C=O) groups is 1. The maximum absolute atomic E-state index is 10.4. The van der Waals surface area contributed by atoms with Crippen molar-refractivity contribution < 1.29 is 4.79 Å². The van der Waals surface area contributed by atoms with E-state index in [9.17, 15) is 4.79 Å². The number of carbonyl (C=O) groups excluding carboxylic acids is 1. The van der Waals surface area contributed by atoms with E-state index in [4.69, 9.17) is 5.26 Å². The zero-order chi connectivity index (χ0) is 9.52. The first-order chi connectivity index (χ1) is 6.36. The minimum absolute atomic E-state index is 0.674. The van der Waals surface area contributed by atoms with E-state index in [-0.39, 0.29) is 0 Å². The summed E-state index contributed by atoms with van der Waals surface area (Å²) in [5.74, 6) is 0.740. The summed E-state index contributed by atoms with van der Waals surface area (Å²) in [4.78, 5) is 12.2. The molecule has 1 aliphatic rings. The van der Waals surface area contributed by atoms with Gasteiger partial charge in [-0.25, -0.2) is 0 Å². The van der Waals surface area contributed by atoms with Gasteiger partial charge in [0.15, 0.2) is 0 Å². The molecule has 13 heavy (non-hydrogen) atoms. The molecule has 1 amide bonds. The molecule has 0 unspecified atom stereocenters. The largest absolute Gasteiger partial charge is 0.345 e. The molecule has 0 atom stereocenters. The van der Waals surface area contributed by atoms with Crippen LogP contribution in [0.25, 0.3) is 0 Å². The lowest BCUT2D eigenvalue weighted by atomic mass is 9.92. The number of hydrogen-bond donors (Lipinski definition) is 0. The minimum atomic E-state index is 0.674. The van der Waals surface area contributed by atoms with Crippen molar-refractivity contribution in [1.82, 2.24) is 4.90 Å². The number of rotatable bonds is 4. The molecule has 0 aromatic rings. The van der Waals surface area contributed by atoms with Gasteiger partial charge in [-0.05, 0) is 31.6 Å². The molecule has 1 rings (SSSR count). The number of unbranched alkanes of at least 4 members (excludes halogenated alkanes) is 1. The first-order valence-corrected chi connectivity index (χ1v) is 4.93. The van der Waals surface area contributed by atoms with Crippen LogP contribution in [-0.2, 0) is 4.79 Å². The average molecular weight is 180 g/mol. The number of nitriles is 1. The van der Waals surface area contributed by atoms with Gasteiger partial charge in [-0.3, -0.25) is 4.79 Å². The predicted octanol–water partition coefficient (Wildman–Crippen LogP) is 1.55. The molecule has 0 bridgehead atoms. The monoisotopic (exact) mass is 180 g/mol. The van der Waals surface area contributed by atoms with Crippen LogP contribution in [0.15, 0.2) is 0 Å². The highest BCUT2D eigenvalue weighted by molar-refractivity contribution is 5.47. The molecular formula is C10H16N2O. The third-order valence-corrected chi connectivity index (χ3v) is 2.70. The summed E-state index contributed by atoms with van der Waals surface area (Å²) in [6.45, 7) is 1.81. The third kappa shape index (κ3) is 3.45. The van der Waals surface area contributed by atoms with Gasteiger partial charge in [0.05, 0.1) is 6.07 Å². The molecular weight excluding hydrogens is 164 g/mol. The Kier molecular flexibility index (Phi) is 4.31. The van der Waals surface area contributed by atoms with Gasteiger partial charge < -0.3 is 4.90 Å². The second-order valence-electron chi connectivity index (χ2n) is 3.64. The predicted molar refractivity (Wildman–Crippen MR) is 49.8 cm³/mol. The first-order valence-electron chi connectivity index (χ1n) is 4.93. The Bertz CT molecular complexity index is 190. The van der Waals surface area contributed by atoms with E-state index in [0.29, 0.717) is 6.42 Å². The van der Waals surface area contributed by atoms with Crippen LogP contribution < -0.4 is 0 Å². The first kappa shape index (κ1) is 10.0. The maximum Gasteiger partial charge on any atom is 0.209 e. The average Bonchev–Trinajstić information content (AvgIpc) is 2.19. The smallest absolute Gasteiger partial charge is 0.209 e. The van der Waals surface area contributed by atoms with Crippen LogP contribution in [0.5, 0.6) is 0 Å². The normalized spacial score (nSPS) is 18.2. The van der Waals surface area contributed by atoms with E-state index in [1.54, 1.807) is 0 Å². The molecule has 3 nitrogen and oxygen atoms in total. The Morgan fingerprint density at radius 1 is 1.46 bits per heavy atom. The van der Waals surface area contributed by atoms with Gasteiger partial charge in [0.1, 0.15) is 0 Å². The fraction of sp³-hybridized carbons (Fsp3) is 0.800. The van der Waals surface area contributed by atoms with E-state index in [1.807, 2.05) is 4.90 Å². The van der Waals surface area contributed by atoms with Gasteiger partial charge in [0.2, 0.25) is 6.41 Å². The molecule has 1 aliphatic heterocycles. The summed E-state index contributed by atoms with van der Waals surface area (Å²) in [7, 11) is 0. The lowest BCUT2D eigenvalue weighted by molar-refractivity contribution is -0.119.